The predicted molar refractivity (Wildman–Crippen MR) is 148 cm³/mol. The number of carbonyl (C=O) groups excluding carboxylic acids is 4. The van der Waals surface area contributed by atoms with E-state index in [1.54, 1.807) is 37.3 Å². The first-order valence-electron chi connectivity index (χ1n) is 11.6. The standard InChI is InChI=1S/C28H23Cl2N3O6/c1-15-7-4-5-9-21(15)31-24(34)14-39-25-20(30)12-17(13-23(25)38-3)11-18-26(35)32-28(37)33(27(18)36)22-10-6-8-19(29)16(22)2/h4-13H,14H2,1-3H3,(H,31,34)(H,32,35,37)/b18-11-. The molecule has 0 aromatic heterocycles. The van der Waals surface area contributed by atoms with Crippen molar-refractivity contribution in [3.63, 3.8) is 0 Å². The summed E-state index contributed by atoms with van der Waals surface area (Å²) in [5.41, 5.74) is 2.30. The molecule has 0 saturated carbocycles. The summed E-state index contributed by atoms with van der Waals surface area (Å²) < 4.78 is 11.0. The highest BCUT2D eigenvalue weighted by Gasteiger charge is 2.37. The van der Waals surface area contributed by atoms with Gasteiger partial charge in [-0.05, 0) is 66.9 Å². The normalized spacial score (nSPS) is 14.3. The number of barbiturate groups is 1. The summed E-state index contributed by atoms with van der Waals surface area (Å²) in [5.74, 6) is -1.84. The Kier molecular flexibility index (Phi) is 8.23. The molecule has 1 aliphatic heterocycles. The molecule has 39 heavy (non-hydrogen) atoms. The fourth-order valence-corrected chi connectivity index (χ4v) is 4.32. The molecule has 1 fully saturated rings. The number of anilines is 2. The van der Waals surface area contributed by atoms with Crippen molar-refractivity contribution in [3.8, 4) is 11.5 Å². The molecule has 3 aromatic carbocycles. The molecule has 9 nitrogen and oxygen atoms in total. The number of para-hydroxylation sites is 1. The van der Waals surface area contributed by atoms with E-state index in [1.807, 2.05) is 19.1 Å². The van der Waals surface area contributed by atoms with Gasteiger partial charge in [0.15, 0.2) is 18.1 Å². The van der Waals surface area contributed by atoms with Gasteiger partial charge in [-0.2, -0.15) is 0 Å². The molecule has 4 rings (SSSR count). The van der Waals surface area contributed by atoms with Gasteiger partial charge < -0.3 is 14.8 Å². The minimum atomic E-state index is -0.893. The summed E-state index contributed by atoms with van der Waals surface area (Å²) >= 11 is 12.6. The number of carbonyl (C=O) groups is 4. The van der Waals surface area contributed by atoms with Crippen molar-refractivity contribution in [1.82, 2.24) is 5.32 Å². The minimum absolute atomic E-state index is 0.0761. The van der Waals surface area contributed by atoms with Crippen LogP contribution in [0, 0.1) is 13.8 Å². The third-order valence-corrected chi connectivity index (χ3v) is 6.60. The van der Waals surface area contributed by atoms with E-state index < -0.39 is 23.8 Å². The predicted octanol–water partition coefficient (Wildman–Crippen LogP) is 5.30. The van der Waals surface area contributed by atoms with E-state index in [0.29, 0.717) is 21.8 Å². The van der Waals surface area contributed by atoms with Crippen molar-refractivity contribution in [2.75, 3.05) is 23.9 Å². The fraction of sp³-hybridized carbons (Fsp3) is 0.143. The van der Waals surface area contributed by atoms with Crippen LogP contribution in [0.15, 0.2) is 60.2 Å². The molecule has 0 bridgehead atoms. The number of hydrogen-bond acceptors (Lipinski definition) is 6. The van der Waals surface area contributed by atoms with Crippen LogP contribution >= 0.6 is 23.2 Å². The number of hydrogen-bond donors (Lipinski definition) is 2. The molecule has 3 aromatic rings. The maximum atomic E-state index is 13.3. The molecule has 11 heteroatoms. The van der Waals surface area contributed by atoms with Gasteiger partial charge in [-0.3, -0.25) is 19.7 Å². The number of methoxy groups -OCH3 is 1. The SMILES string of the molecule is COc1cc(/C=C2/C(=O)NC(=O)N(c3cccc(Cl)c3C)C2=O)cc(Cl)c1OCC(=O)Nc1ccccc1C. The van der Waals surface area contributed by atoms with E-state index in [-0.39, 0.29) is 34.4 Å². The lowest BCUT2D eigenvalue weighted by Gasteiger charge is -2.27. The average Bonchev–Trinajstić information content (AvgIpc) is 2.89. The van der Waals surface area contributed by atoms with Crippen LogP contribution in [-0.4, -0.2) is 37.5 Å². The number of nitrogens with one attached hydrogen (secondary N) is 2. The van der Waals surface area contributed by atoms with Gasteiger partial charge in [0.2, 0.25) is 0 Å². The first-order valence-corrected chi connectivity index (χ1v) is 12.4. The Hall–Kier alpha value is -4.34. The first kappa shape index (κ1) is 27.7. The Balaban J connectivity index is 1.58. The molecule has 1 heterocycles. The summed E-state index contributed by atoms with van der Waals surface area (Å²) in [6.45, 7) is 3.18. The van der Waals surface area contributed by atoms with Crippen LogP contribution in [-0.2, 0) is 14.4 Å². The molecule has 0 aliphatic carbocycles. The first-order chi connectivity index (χ1) is 18.6. The van der Waals surface area contributed by atoms with Crippen molar-refractivity contribution in [3.05, 3.63) is 86.9 Å². The van der Waals surface area contributed by atoms with Gasteiger partial charge in [-0.25, -0.2) is 9.69 Å². The summed E-state index contributed by atoms with van der Waals surface area (Å²) in [6.07, 6.45) is 1.28. The Morgan fingerprint density at radius 3 is 2.49 bits per heavy atom. The molecular formula is C28H23Cl2N3O6. The molecule has 5 amide bonds. The molecule has 2 N–H and O–H groups in total. The van der Waals surface area contributed by atoms with Crippen LogP contribution in [0.1, 0.15) is 16.7 Å². The number of amides is 5. The Bertz CT molecular complexity index is 1540. The van der Waals surface area contributed by atoms with Gasteiger partial charge >= 0.3 is 6.03 Å². The highest BCUT2D eigenvalue weighted by atomic mass is 35.5. The van der Waals surface area contributed by atoms with Gasteiger partial charge in [0.05, 0.1) is 17.8 Å². The lowest BCUT2D eigenvalue weighted by Crippen LogP contribution is -2.54. The third-order valence-electron chi connectivity index (χ3n) is 5.91. The number of aryl methyl sites for hydroxylation is 1. The fourth-order valence-electron chi connectivity index (χ4n) is 3.88. The smallest absolute Gasteiger partial charge is 0.335 e. The number of urea groups is 1. The lowest BCUT2D eigenvalue weighted by molar-refractivity contribution is -0.122. The summed E-state index contributed by atoms with van der Waals surface area (Å²) in [7, 11) is 1.38. The number of rotatable bonds is 7. The molecule has 0 radical (unpaired) electrons. The Labute approximate surface area is 234 Å². The van der Waals surface area contributed by atoms with E-state index in [1.165, 1.54) is 25.3 Å². The Morgan fingerprint density at radius 1 is 1.03 bits per heavy atom. The van der Waals surface area contributed by atoms with Crippen LogP contribution in [0.2, 0.25) is 10.0 Å². The zero-order valence-corrected chi connectivity index (χ0v) is 22.6. The molecule has 0 spiro atoms. The maximum absolute atomic E-state index is 13.3. The van der Waals surface area contributed by atoms with Crippen molar-refractivity contribution in [1.29, 1.82) is 0 Å². The third kappa shape index (κ3) is 5.89. The van der Waals surface area contributed by atoms with Gasteiger partial charge in [0, 0.05) is 10.7 Å². The second kappa shape index (κ2) is 11.6. The molecule has 1 saturated heterocycles. The van der Waals surface area contributed by atoms with E-state index in [2.05, 4.69) is 10.6 Å². The van der Waals surface area contributed by atoms with E-state index in [9.17, 15) is 19.2 Å². The van der Waals surface area contributed by atoms with Gasteiger partial charge in [0.25, 0.3) is 17.7 Å². The second-order valence-electron chi connectivity index (χ2n) is 8.53. The number of imide groups is 2. The average molecular weight is 568 g/mol. The number of halogens is 2. The quantitative estimate of drug-likeness (QED) is 0.295. The lowest BCUT2D eigenvalue weighted by atomic mass is 10.1. The number of benzene rings is 3. The topological polar surface area (TPSA) is 114 Å². The summed E-state index contributed by atoms with van der Waals surface area (Å²) in [5, 5.41) is 5.36. The van der Waals surface area contributed by atoms with Crippen LogP contribution < -0.4 is 25.0 Å². The highest BCUT2D eigenvalue weighted by Crippen LogP contribution is 2.37. The largest absolute Gasteiger partial charge is 0.493 e. The van der Waals surface area contributed by atoms with Crippen LogP contribution in [0.5, 0.6) is 11.5 Å². The van der Waals surface area contributed by atoms with E-state index >= 15 is 0 Å². The van der Waals surface area contributed by atoms with E-state index in [4.69, 9.17) is 32.7 Å². The number of nitrogens with zero attached hydrogens (tertiary/aromatic N) is 1. The molecule has 1 aliphatic rings. The number of ether oxygens (including phenoxy) is 2. The van der Waals surface area contributed by atoms with Gasteiger partial charge in [-0.15, -0.1) is 0 Å². The van der Waals surface area contributed by atoms with Crippen molar-refractivity contribution in [2.24, 2.45) is 0 Å². The van der Waals surface area contributed by atoms with Crippen molar-refractivity contribution >= 4 is 64.4 Å². The zero-order valence-electron chi connectivity index (χ0n) is 21.1. The van der Waals surface area contributed by atoms with Gasteiger partial charge in [-0.1, -0.05) is 47.5 Å². The van der Waals surface area contributed by atoms with Crippen molar-refractivity contribution in [2.45, 2.75) is 13.8 Å². The van der Waals surface area contributed by atoms with Crippen LogP contribution in [0.4, 0.5) is 16.2 Å². The van der Waals surface area contributed by atoms with Gasteiger partial charge in [0.1, 0.15) is 5.57 Å². The molecule has 0 atom stereocenters. The molecule has 0 unspecified atom stereocenters. The molecular weight excluding hydrogens is 545 g/mol. The van der Waals surface area contributed by atoms with Crippen LogP contribution in [0.3, 0.4) is 0 Å². The summed E-state index contributed by atoms with van der Waals surface area (Å²) in [4.78, 5) is 51.7. The Morgan fingerprint density at radius 2 is 1.77 bits per heavy atom. The highest BCUT2D eigenvalue weighted by molar-refractivity contribution is 6.40. The van der Waals surface area contributed by atoms with Crippen LogP contribution in [0.25, 0.3) is 6.08 Å². The zero-order chi connectivity index (χ0) is 28.3. The maximum Gasteiger partial charge on any atom is 0.335 e. The molecule has 200 valence electrons. The van der Waals surface area contributed by atoms with E-state index in [0.717, 1.165) is 10.5 Å². The minimum Gasteiger partial charge on any atom is -0.493 e. The van der Waals surface area contributed by atoms with Crippen molar-refractivity contribution < 1.29 is 28.7 Å². The monoisotopic (exact) mass is 567 g/mol. The second-order valence-corrected chi connectivity index (χ2v) is 9.34. The summed E-state index contributed by atoms with van der Waals surface area (Å²) in [6, 6.07) is 14.1.